The summed E-state index contributed by atoms with van der Waals surface area (Å²) in [5.74, 6) is 1.32. The SMILES string of the molecule is Cc1ccccc1Oc1ccc(N2CC(=O)CC2=O)cc1. The number of ketones is 1. The van der Waals surface area contributed by atoms with E-state index in [1.807, 2.05) is 31.2 Å². The Morgan fingerprint density at radius 3 is 2.33 bits per heavy atom. The van der Waals surface area contributed by atoms with Crippen LogP contribution in [0.3, 0.4) is 0 Å². The van der Waals surface area contributed by atoms with Crippen molar-refractivity contribution in [1.82, 2.24) is 0 Å². The molecule has 0 aliphatic carbocycles. The lowest BCUT2D eigenvalue weighted by atomic mass is 10.2. The zero-order valence-electron chi connectivity index (χ0n) is 11.7. The summed E-state index contributed by atoms with van der Waals surface area (Å²) in [4.78, 5) is 24.5. The molecular formula is C17H15NO3. The summed E-state index contributed by atoms with van der Waals surface area (Å²) in [5.41, 5.74) is 1.78. The van der Waals surface area contributed by atoms with Gasteiger partial charge in [0.2, 0.25) is 5.91 Å². The molecular weight excluding hydrogens is 266 g/mol. The molecule has 106 valence electrons. The van der Waals surface area contributed by atoms with Gasteiger partial charge in [-0.2, -0.15) is 0 Å². The maximum Gasteiger partial charge on any atom is 0.234 e. The third kappa shape index (κ3) is 2.79. The van der Waals surface area contributed by atoms with Gasteiger partial charge in [0.05, 0.1) is 13.0 Å². The molecule has 1 amide bonds. The number of carbonyl (C=O) groups excluding carboxylic acids is 2. The quantitative estimate of drug-likeness (QED) is 0.812. The molecule has 1 aliphatic rings. The second-order valence-electron chi connectivity index (χ2n) is 5.06. The van der Waals surface area contributed by atoms with Gasteiger partial charge in [0.25, 0.3) is 0 Å². The van der Waals surface area contributed by atoms with Gasteiger partial charge in [0.15, 0.2) is 5.78 Å². The number of ether oxygens (including phenoxy) is 1. The van der Waals surface area contributed by atoms with Crippen molar-refractivity contribution in [3.63, 3.8) is 0 Å². The molecule has 1 fully saturated rings. The number of anilines is 1. The summed E-state index contributed by atoms with van der Waals surface area (Å²) < 4.78 is 5.80. The number of aryl methyl sites for hydroxylation is 1. The number of nitrogens with zero attached hydrogens (tertiary/aromatic N) is 1. The Hall–Kier alpha value is -2.62. The fraction of sp³-hybridized carbons (Fsp3) is 0.176. The fourth-order valence-electron chi connectivity index (χ4n) is 2.31. The summed E-state index contributed by atoms with van der Waals surface area (Å²) in [6.45, 7) is 2.15. The lowest BCUT2D eigenvalue weighted by molar-refractivity contribution is -0.121. The molecule has 0 bridgehead atoms. The molecule has 0 unspecified atom stereocenters. The van der Waals surface area contributed by atoms with E-state index in [4.69, 9.17) is 4.74 Å². The summed E-state index contributed by atoms with van der Waals surface area (Å²) in [5, 5.41) is 0. The predicted octanol–water partition coefficient (Wildman–Crippen LogP) is 3.09. The molecule has 21 heavy (non-hydrogen) atoms. The monoisotopic (exact) mass is 281 g/mol. The van der Waals surface area contributed by atoms with E-state index in [9.17, 15) is 9.59 Å². The van der Waals surface area contributed by atoms with E-state index in [1.54, 1.807) is 24.3 Å². The lowest BCUT2D eigenvalue weighted by Crippen LogP contribution is -2.24. The molecule has 0 aromatic heterocycles. The lowest BCUT2D eigenvalue weighted by Gasteiger charge is -2.15. The highest BCUT2D eigenvalue weighted by Gasteiger charge is 2.28. The van der Waals surface area contributed by atoms with Gasteiger partial charge in [-0.25, -0.2) is 0 Å². The Morgan fingerprint density at radius 2 is 1.71 bits per heavy atom. The maximum atomic E-state index is 11.7. The molecule has 1 aliphatic heterocycles. The van der Waals surface area contributed by atoms with Crippen LogP contribution in [0.25, 0.3) is 0 Å². The topological polar surface area (TPSA) is 46.6 Å². The van der Waals surface area contributed by atoms with Gasteiger partial charge in [-0.3, -0.25) is 9.59 Å². The third-order valence-electron chi connectivity index (χ3n) is 3.45. The normalized spacial score (nSPS) is 14.6. The molecule has 3 rings (SSSR count). The largest absolute Gasteiger partial charge is 0.457 e. The smallest absolute Gasteiger partial charge is 0.234 e. The molecule has 4 heteroatoms. The van der Waals surface area contributed by atoms with Crippen LogP contribution in [0, 0.1) is 6.92 Å². The van der Waals surface area contributed by atoms with E-state index in [0.29, 0.717) is 5.75 Å². The minimum Gasteiger partial charge on any atom is -0.457 e. The van der Waals surface area contributed by atoms with Crippen molar-refractivity contribution in [2.24, 2.45) is 0 Å². The minimum absolute atomic E-state index is 0.00145. The standard InChI is InChI=1S/C17H15NO3/c1-12-4-2-3-5-16(12)21-15-8-6-13(7-9-15)18-11-14(19)10-17(18)20/h2-9H,10-11H2,1H3. The highest BCUT2D eigenvalue weighted by atomic mass is 16.5. The highest BCUT2D eigenvalue weighted by Crippen LogP contribution is 2.27. The van der Waals surface area contributed by atoms with E-state index in [2.05, 4.69) is 0 Å². The van der Waals surface area contributed by atoms with Crippen LogP contribution >= 0.6 is 0 Å². The fourth-order valence-corrected chi connectivity index (χ4v) is 2.31. The molecule has 2 aromatic carbocycles. The van der Waals surface area contributed by atoms with Crippen molar-refractivity contribution in [2.45, 2.75) is 13.3 Å². The molecule has 0 N–H and O–H groups in total. The predicted molar refractivity (Wildman–Crippen MR) is 79.7 cm³/mol. The Bertz CT molecular complexity index is 691. The number of carbonyl (C=O) groups is 2. The summed E-state index contributed by atoms with van der Waals surface area (Å²) in [7, 11) is 0. The molecule has 1 heterocycles. The molecule has 1 saturated heterocycles. The van der Waals surface area contributed by atoms with Crippen molar-refractivity contribution in [3.05, 3.63) is 54.1 Å². The van der Waals surface area contributed by atoms with Crippen LogP contribution in [0.5, 0.6) is 11.5 Å². The van der Waals surface area contributed by atoms with Crippen LogP contribution in [-0.2, 0) is 9.59 Å². The Labute approximate surface area is 123 Å². The van der Waals surface area contributed by atoms with Crippen molar-refractivity contribution < 1.29 is 14.3 Å². The Balaban J connectivity index is 1.77. The molecule has 0 atom stereocenters. The Kier molecular flexibility index (Phi) is 3.44. The van der Waals surface area contributed by atoms with Crippen molar-refractivity contribution in [1.29, 1.82) is 0 Å². The van der Waals surface area contributed by atoms with E-state index in [0.717, 1.165) is 17.0 Å². The number of hydrogen-bond acceptors (Lipinski definition) is 3. The number of rotatable bonds is 3. The van der Waals surface area contributed by atoms with Gasteiger partial charge in [-0.1, -0.05) is 18.2 Å². The first-order valence-corrected chi connectivity index (χ1v) is 6.79. The van der Waals surface area contributed by atoms with Gasteiger partial charge in [0.1, 0.15) is 11.5 Å². The van der Waals surface area contributed by atoms with Gasteiger partial charge >= 0.3 is 0 Å². The van der Waals surface area contributed by atoms with Crippen molar-refractivity contribution >= 4 is 17.4 Å². The zero-order valence-corrected chi connectivity index (χ0v) is 11.7. The van der Waals surface area contributed by atoms with E-state index in [1.165, 1.54) is 4.90 Å². The van der Waals surface area contributed by atoms with Crippen LogP contribution in [0.2, 0.25) is 0 Å². The van der Waals surface area contributed by atoms with E-state index >= 15 is 0 Å². The minimum atomic E-state index is -0.146. The number of para-hydroxylation sites is 1. The van der Waals surface area contributed by atoms with Crippen LogP contribution < -0.4 is 9.64 Å². The summed E-state index contributed by atoms with van der Waals surface area (Å²) in [6.07, 6.45) is 0.00145. The van der Waals surface area contributed by atoms with Crippen LogP contribution in [0.4, 0.5) is 5.69 Å². The molecule has 2 aromatic rings. The average Bonchev–Trinajstić information content (AvgIpc) is 2.81. The van der Waals surface area contributed by atoms with Gasteiger partial charge in [-0.15, -0.1) is 0 Å². The van der Waals surface area contributed by atoms with Gasteiger partial charge in [0, 0.05) is 5.69 Å². The van der Waals surface area contributed by atoms with Crippen molar-refractivity contribution in [3.8, 4) is 11.5 Å². The number of amides is 1. The number of Topliss-reactive ketones (excluding diaryl/α,β-unsaturated/α-hetero) is 1. The van der Waals surface area contributed by atoms with Gasteiger partial charge < -0.3 is 9.64 Å². The van der Waals surface area contributed by atoms with Crippen LogP contribution in [0.1, 0.15) is 12.0 Å². The molecule has 0 saturated carbocycles. The molecule has 0 spiro atoms. The second-order valence-corrected chi connectivity index (χ2v) is 5.06. The van der Waals surface area contributed by atoms with Crippen LogP contribution in [0.15, 0.2) is 48.5 Å². The average molecular weight is 281 g/mol. The van der Waals surface area contributed by atoms with Gasteiger partial charge in [-0.05, 0) is 42.8 Å². The maximum absolute atomic E-state index is 11.7. The first kappa shape index (κ1) is 13.4. The zero-order chi connectivity index (χ0) is 14.8. The third-order valence-corrected chi connectivity index (χ3v) is 3.45. The van der Waals surface area contributed by atoms with Crippen LogP contribution in [-0.4, -0.2) is 18.2 Å². The first-order valence-electron chi connectivity index (χ1n) is 6.79. The first-order chi connectivity index (χ1) is 10.1. The Morgan fingerprint density at radius 1 is 1.00 bits per heavy atom. The van der Waals surface area contributed by atoms with Crippen molar-refractivity contribution in [2.75, 3.05) is 11.4 Å². The summed E-state index contributed by atoms with van der Waals surface area (Å²) >= 11 is 0. The second kappa shape index (κ2) is 5.40. The summed E-state index contributed by atoms with van der Waals surface area (Å²) in [6, 6.07) is 15.0. The van der Waals surface area contributed by atoms with E-state index in [-0.39, 0.29) is 24.7 Å². The van der Waals surface area contributed by atoms with E-state index < -0.39 is 0 Å². The number of benzene rings is 2. The number of hydrogen-bond donors (Lipinski definition) is 0. The molecule has 4 nitrogen and oxygen atoms in total. The molecule has 0 radical (unpaired) electrons. The highest BCUT2D eigenvalue weighted by molar-refractivity contribution is 6.15.